The lowest BCUT2D eigenvalue weighted by Gasteiger charge is -2.11. The van der Waals surface area contributed by atoms with Crippen LogP contribution < -0.4 is 9.47 Å². The maximum absolute atomic E-state index is 5.89. The first kappa shape index (κ1) is 18.0. The van der Waals surface area contributed by atoms with Crippen molar-refractivity contribution in [2.24, 2.45) is 0 Å². The van der Waals surface area contributed by atoms with Gasteiger partial charge in [-0.3, -0.25) is 0 Å². The molecule has 1 heterocycles. The van der Waals surface area contributed by atoms with Gasteiger partial charge < -0.3 is 14.0 Å². The fourth-order valence-electron chi connectivity index (χ4n) is 2.36. The molecule has 0 saturated carbocycles. The summed E-state index contributed by atoms with van der Waals surface area (Å²) in [6.45, 7) is 5.04. The Hall–Kier alpha value is -2.79. The number of hydrogen-bond donors (Lipinski definition) is 0. The highest BCUT2D eigenvalue weighted by molar-refractivity contribution is 6.30. The summed E-state index contributed by atoms with van der Waals surface area (Å²) >= 11 is 5.89. The predicted octanol–water partition coefficient (Wildman–Crippen LogP) is 5.36. The Morgan fingerprint density at radius 1 is 0.962 bits per heavy atom. The Labute approximate surface area is 157 Å². The zero-order valence-corrected chi connectivity index (χ0v) is 15.4. The summed E-state index contributed by atoms with van der Waals surface area (Å²) in [5.41, 5.74) is 1.79. The summed E-state index contributed by atoms with van der Waals surface area (Å²) in [6.07, 6.45) is 3.65. The van der Waals surface area contributed by atoms with Gasteiger partial charge in [-0.2, -0.15) is 4.98 Å². The number of rotatable bonds is 7. The molecule has 2 aromatic carbocycles. The molecule has 1 aromatic heterocycles. The molecule has 3 aromatic rings. The van der Waals surface area contributed by atoms with E-state index in [9.17, 15) is 0 Å². The zero-order valence-electron chi connectivity index (χ0n) is 14.6. The van der Waals surface area contributed by atoms with Gasteiger partial charge in [-0.1, -0.05) is 22.8 Å². The molecule has 0 aliphatic carbocycles. The maximum atomic E-state index is 5.89. The Morgan fingerprint density at radius 3 is 2.42 bits per heavy atom. The van der Waals surface area contributed by atoms with Crippen LogP contribution in [0.4, 0.5) is 0 Å². The van der Waals surface area contributed by atoms with E-state index < -0.39 is 0 Å². The SMILES string of the molecule is CCOc1ccc(C=Cc2nc(-c3ccc(Cl)cc3)no2)cc1OCC. The standard InChI is InChI=1S/C20H19ClN2O3/c1-3-24-17-11-5-14(13-18(17)25-4-2)6-12-19-22-20(23-26-19)15-7-9-16(21)10-8-15/h5-13H,3-4H2,1-2H3. The van der Waals surface area contributed by atoms with Crippen LogP contribution in [0.25, 0.3) is 23.5 Å². The Kier molecular flexibility index (Phi) is 5.92. The third-order valence-electron chi connectivity index (χ3n) is 3.53. The van der Waals surface area contributed by atoms with Crippen LogP contribution in [0.5, 0.6) is 11.5 Å². The lowest BCUT2D eigenvalue weighted by molar-refractivity contribution is 0.287. The van der Waals surface area contributed by atoms with Gasteiger partial charge in [-0.05, 0) is 61.9 Å². The number of aromatic nitrogens is 2. The molecule has 26 heavy (non-hydrogen) atoms. The first-order valence-electron chi connectivity index (χ1n) is 8.37. The summed E-state index contributed by atoms with van der Waals surface area (Å²) in [4.78, 5) is 4.37. The second-order valence-electron chi connectivity index (χ2n) is 5.37. The molecule has 0 aliphatic heterocycles. The number of halogens is 1. The lowest BCUT2D eigenvalue weighted by atomic mass is 10.2. The quantitative estimate of drug-likeness (QED) is 0.560. The van der Waals surface area contributed by atoms with Gasteiger partial charge in [-0.15, -0.1) is 0 Å². The van der Waals surface area contributed by atoms with E-state index >= 15 is 0 Å². The fraction of sp³-hybridized carbons (Fsp3) is 0.200. The first-order chi connectivity index (χ1) is 12.7. The van der Waals surface area contributed by atoms with Gasteiger partial charge in [-0.25, -0.2) is 0 Å². The van der Waals surface area contributed by atoms with Crippen molar-refractivity contribution in [2.45, 2.75) is 13.8 Å². The Bertz CT molecular complexity index is 888. The molecule has 0 bridgehead atoms. The number of benzene rings is 2. The molecule has 0 unspecified atom stereocenters. The molecule has 0 amide bonds. The molecule has 0 saturated heterocycles. The molecule has 0 spiro atoms. The zero-order chi connectivity index (χ0) is 18.4. The maximum Gasteiger partial charge on any atom is 0.250 e. The van der Waals surface area contributed by atoms with E-state index in [2.05, 4.69) is 10.1 Å². The molecule has 6 heteroatoms. The highest BCUT2D eigenvalue weighted by Gasteiger charge is 2.07. The van der Waals surface area contributed by atoms with Crippen molar-refractivity contribution in [2.75, 3.05) is 13.2 Å². The van der Waals surface area contributed by atoms with Gasteiger partial charge in [0.25, 0.3) is 5.89 Å². The van der Waals surface area contributed by atoms with Crippen molar-refractivity contribution < 1.29 is 14.0 Å². The normalized spacial score (nSPS) is 11.0. The minimum atomic E-state index is 0.418. The van der Waals surface area contributed by atoms with Gasteiger partial charge in [0.05, 0.1) is 13.2 Å². The number of ether oxygens (including phenoxy) is 2. The predicted molar refractivity (Wildman–Crippen MR) is 102 cm³/mol. The van der Waals surface area contributed by atoms with Crippen LogP contribution in [0.2, 0.25) is 5.02 Å². The topological polar surface area (TPSA) is 57.4 Å². The van der Waals surface area contributed by atoms with Gasteiger partial charge >= 0.3 is 0 Å². The van der Waals surface area contributed by atoms with E-state index in [-0.39, 0.29) is 0 Å². The smallest absolute Gasteiger partial charge is 0.250 e. The molecule has 0 N–H and O–H groups in total. The summed E-state index contributed by atoms with van der Waals surface area (Å²) in [7, 11) is 0. The van der Waals surface area contributed by atoms with Gasteiger partial charge in [0.1, 0.15) is 0 Å². The van der Waals surface area contributed by atoms with Crippen LogP contribution in [0, 0.1) is 0 Å². The molecule has 134 valence electrons. The Morgan fingerprint density at radius 2 is 1.69 bits per heavy atom. The molecule has 0 aliphatic rings. The van der Waals surface area contributed by atoms with E-state index in [0.29, 0.717) is 35.7 Å². The van der Waals surface area contributed by atoms with E-state index in [1.54, 1.807) is 18.2 Å². The average molecular weight is 371 g/mol. The van der Waals surface area contributed by atoms with Crippen molar-refractivity contribution >= 4 is 23.8 Å². The number of nitrogens with zero attached hydrogens (tertiary/aromatic N) is 2. The van der Waals surface area contributed by atoms with E-state index in [4.69, 9.17) is 25.6 Å². The van der Waals surface area contributed by atoms with Crippen LogP contribution in [0.15, 0.2) is 47.0 Å². The minimum Gasteiger partial charge on any atom is -0.490 e. The minimum absolute atomic E-state index is 0.418. The van der Waals surface area contributed by atoms with Gasteiger partial charge in [0, 0.05) is 16.7 Å². The lowest BCUT2D eigenvalue weighted by Crippen LogP contribution is -1.98. The second-order valence-corrected chi connectivity index (χ2v) is 5.81. The highest BCUT2D eigenvalue weighted by Crippen LogP contribution is 2.29. The summed E-state index contributed by atoms with van der Waals surface area (Å²) in [5.74, 6) is 2.38. The Balaban J connectivity index is 1.77. The van der Waals surface area contributed by atoms with Crippen LogP contribution in [-0.4, -0.2) is 23.4 Å². The van der Waals surface area contributed by atoms with Crippen molar-refractivity contribution in [3.05, 3.63) is 58.9 Å². The van der Waals surface area contributed by atoms with Gasteiger partial charge in [0.2, 0.25) is 5.82 Å². The van der Waals surface area contributed by atoms with Crippen molar-refractivity contribution in [3.63, 3.8) is 0 Å². The van der Waals surface area contributed by atoms with Gasteiger partial charge in [0.15, 0.2) is 11.5 Å². The molecular formula is C20H19ClN2O3. The monoisotopic (exact) mass is 370 g/mol. The summed E-state index contributed by atoms with van der Waals surface area (Å²) < 4.78 is 16.5. The van der Waals surface area contributed by atoms with Crippen LogP contribution >= 0.6 is 11.6 Å². The third kappa shape index (κ3) is 4.43. The van der Waals surface area contributed by atoms with Crippen LogP contribution in [0.1, 0.15) is 25.3 Å². The summed E-state index contributed by atoms with van der Waals surface area (Å²) in [6, 6.07) is 13.0. The fourth-order valence-corrected chi connectivity index (χ4v) is 2.48. The summed E-state index contributed by atoms with van der Waals surface area (Å²) in [5, 5.41) is 4.65. The second kappa shape index (κ2) is 8.54. The molecule has 5 nitrogen and oxygen atoms in total. The average Bonchev–Trinajstić information content (AvgIpc) is 3.12. The van der Waals surface area contributed by atoms with Crippen LogP contribution in [0.3, 0.4) is 0 Å². The molecule has 0 radical (unpaired) electrons. The van der Waals surface area contributed by atoms with Crippen molar-refractivity contribution in [3.8, 4) is 22.9 Å². The van der Waals surface area contributed by atoms with E-state index in [1.807, 2.05) is 50.3 Å². The largest absolute Gasteiger partial charge is 0.490 e. The number of hydrogen-bond acceptors (Lipinski definition) is 5. The third-order valence-corrected chi connectivity index (χ3v) is 3.78. The first-order valence-corrected chi connectivity index (χ1v) is 8.74. The van der Waals surface area contributed by atoms with Crippen molar-refractivity contribution in [1.82, 2.24) is 10.1 Å². The van der Waals surface area contributed by atoms with E-state index in [0.717, 1.165) is 16.9 Å². The van der Waals surface area contributed by atoms with Crippen molar-refractivity contribution in [1.29, 1.82) is 0 Å². The van der Waals surface area contributed by atoms with E-state index in [1.165, 1.54) is 0 Å². The molecule has 0 fully saturated rings. The molecule has 3 rings (SSSR count). The highest BCUT2D eigenvalue weighted by atomic mass is 35.5. The van der Waals surface area contributed by atoms with Crippen LogP contribution in [-0.2, 0) is 0 Å². The molecular weight excluding hydrogens is 352 g/mol. The molecule has 0 atom stereocenters.